The molecule has 1 aliphatic rings. The van der Waals surface area contributed by atoms with Gasteiger partial charge in [-0.2, -0.15) is 4.98 Å². The maximum absolute atomic E-state index is 5.71. The van der Waals surface area contributed by atoms with E-state index in [1.165, 1.54) is 19.3 Å². The first-order chi connectivity index (χ1) is 8.16. The van der Waals surface area contributed by atoms with Crippen LogP contribution in [0.5, 0.6) is 5.88 Å². The van der Waals surface area contributed by atoms with Gasteiger partial charge in [0.25, 0.3) is 0 Å². The van der Waals surface area contributed by atoms with Crippen LogP contribution in [-0.4, -0.2) is 41.1 Å². The Kier molecular flexibility index (Phi) is 4.17. The Bertz CT molecular complexity index is 388. The molecule has 1 atom stereocenters. The molecule has 1 aromatic heterocycles. The molecule has 2 N–H and O–H groups in total. The molecule has 0 saturated carbocycles. The minimum atomic E-state index is 0.236. The van der Waals surface area contributed by atoms with Crippen molar-refractivity contribution in [3.8, 4) is 5.88 Å². The number of ether oxygens (including phenoxy) is 1. The third-order valence-corrected chi connectivity index (χ3v) is 3.61. The molecule has 5 nitrogen and oxygen atoms in total. The Morgan fingerprint density at radius 1 is 1.59 bits per heavy atom. The number of rotatable bonds is 3. The molecular weight excluding hydrogens is 284 g/mol. The fourth-order valence-electron chi connectivity index (χ4n) is 2.00. The highest BCUT2D eigenvalue weighted by molar-refractivity contribution is 9.10. The maximum atomic E-state index is 5.71. The molecule has 0 aliphatic carbocycles. The first-order valence-electron chi connectivity index (χ1n) is 5.78. The van der Waals surface area contributed by atoms with Crippen LogP contribution >= 0.6 is 15.9 Å². The molecule has 2 heterocycles. The molecule has 6 heteroatoms. The molecular formula is C11H17BrN4O. The van der Waals surface area contributed by atoms with Crippen LogP contribution < -0.4 is 10.5 Å². The number of aromatic nitrogens is 2. The smallest absolute Gasteiger partial charge is 0.232 e. The summed E-state index contributed by atoms with van der Waals surface area (Å²) in [6.45, 7) is 1.78. The van der Waals surface area contributed by atoms with Gasteiger partial charge in [0.05, 0.1) is 10.7 Å². The largest absolute Gasteiger partial charge is 0.475 e. The van der Waals surface area contributed by atoms with E-state index in [0.717, 1.165) is 11.0 Å². The van der Waals surface area contributed by atoms with E-state index < -0.39 is 0 Å². The van der Waals surface area contributed by atoms with Gasteiger partial charge < -0.3 is 15.4 Å². The Labute approximate surface area is 110 Å². The number of hydrogen-bond acceptors (Lipinski definition) is 5. The number of anilines is 1. The van der Waals surface area contributed by atoms with Crippen molar-refractivity contribution in [2.45, 2.75) is 25.3 Å². The number of hydrogen-bond donors (Lipinski definition) is 1. The SMILES string of the molecule is CN1CCCCC1COc1nc(N)ncc1Br. The van der Waals surface area contributed by atoms with E-state index in [2.05, 4.69) is 37.8 Å². The van der Waals surface area contributed by atoms with Crippen LogP contribution in [0.3, 0.4) is 0 Å². The normalized spacial score (nSPS) is 21.4. The first-order valence-corrected chi connectivity index (χ1v) is 6.57. The van der Waals surface area contributed by atoms with Crippen molar-refractivity contribution in [2.75, 3.05) is 25.9 Å². The second-order valence-electron chi connectivity index (χ2n) is 4.32. The Hall–Kier alpha value is -0.880. The third kappa shape index (κ3) is 3.29. The highest BCUT2D eigenvalue weighted by Gasteiger charge is 2.20. The molecule has 0 spiro atoms. The van der Waals surface area contributed by atoms with Crippen LogP contribution in [0.15, 0.2) is 10.7 Å². The van der Waals surface area contributed by atoms with E-state index in [1.54, 1.807) is 6.20 Å². The van der Waals surface area contributed by atoms with Gasteiger partial charge >= 0.3 is 0 Å². The molecule has 94 valence electrons. The highest BCUT2D eigenvalue weighted by atomic mass is 79.9. The van der Waals surface area contributed by atoms with Gasteiger partial charge in [0.1, 0.15) is 6.61 Å². The second-order valence-corrected chi connectivity index (χ2v) is 5.18. The lowest BCUT2D eigenvalue weighted by Gasteiger charge is -2.32. The molecule has 0 amide bonds. The van der Waals surface area contributed by atoms with Crippen molar-refractivity contribution in [3.05, 3.63) is 10.7 Å². The Morgan fingerprint density at radius 3 is 3.18 bits per heavy atom. The molecule has 17 heavy (non-hydrogen) atoms. The van der Waals surface area contributed by atoms with Crippen LogP contribution in [0, 0.1) is 0 Å². The number of nitrogen functional groups attached to an aromatic ring is 1. The van der Waals surface area contributed by atoms with E-state index in [1.807, 2.05) is 0 Å². The zero-order valence-electron chi connectivity index (χ0n) is 9.90. The van der Waals surface area contributed by atoms with Crippen molar-refractivity contribution in [2.24, 2.45) is 0 Å². The standard InChI is InChI=1S/C11H17BrN4O/c1-16-5-3-2-4-8(16)7-17-10-9(12)6-14-11(13)15-10/h6,8H,2-5,7H2,1H3,(H2,13,14,15). The van der Waals surface area contributed by atoms with Crippen LogP contribution in [0.4, 0.5) is 5.95 Å². The van der Waals surface area contributed by atoms with E-state index in [-0.39, 0.29) is 5.95 Å². The molecule has 2 rings (SSSR count). The fourth-order valence-corrected chi connectivity index (χ4v) is 2.30. The summed E-state index contributed by atoms with van der Waals surface area (Å²) in [6, 6.07) is 0.465. The topological polar surface area (TPSA) is 64.3 Å². The summed E-state index contributed by atoms with van der Waals surface area (Å²) in [5.74, 6) is 0.761. The zero-order chi connectivity index (χ0) is 12.3. The molecule has 0 bridgehead atoms. The lowest BCUT2D eigenvalue weighted by molar-refractivity contribution is 0.122. The van der Waals surface area contributed by atoms with Crippen molar-refractivity contribution in [1.29, 1.82) is 0 Å². The van der Waals surface area contributed by atoms with Crippen LogP contribution in [-0.2, 0) is 0 Å². The van der Waals surface area contributed by atoms with Gasteiger partial charge in [0.15, 0.2) is 0 Å². The van der Waals surface area contributed by atoms with Crippen molar-refractivity contribution in [1.82, 2.24) is 14.9 Å². The van der Waals surface area contributed by atoms with Gasteiger partial charge in [0, 0.05) is 6.04 Å². The number of nitrogens with two attached hydrogens (primary N) is 1. The lowest BCUT2D eigenvalue weighted by atomic mass is 10.0. The average molecular weight is 301 g/mol. The summed E-state index contributed by atoms with van der Waals surface area (Å²) in [4.78, 5) is 10.3. The van der Waals surface area contributed by atoms with Gasteiger partial charge in [-0.1, -0.05) is 6.42 Å². The Balaban J connectivity index is 1.94. The van der Waals surface area contributed by atoms with Crippen LogP contribution in [0.1, 0.15) is 19.3 Å². The van der Waals surface area contributed by atoms with Crippen LogP contribution in [0.2, 0.25) is 0 Å². The fraction of sp³-hybridized carbons (Fsp3) is 0.636. The zero-order valence-corrected chi connectivity index (χ0v) is 11.5. The molecule has 1 fully saturated rings. The quantitative estimate of drug-likeness (QED) is 0.920. The summed E-state index contributed by atoms with van der Waals surface area (Å²) < 4.78 is 6.45. The maximum Gasteiger partial charge on any atom is 0.232 e. The highest BCUT2D eigenvalue weighted by Crippen LogP contribution is 2.23. The van der Waals surface area contributed by atoms with E-state index in [9.17, 15) is 0 Å². The molecule has 1 saturated heterocycles. The summed E-state index contributed by atoms with van der Waals surface area (Å²) in [7, 11) is 2.14. The number of piperidine rings is 1. The van der Waals surface area contributed by atoms with Crippen molar-refractivity contribution < 1.29 is 4.74 Å². The lowest BCUT2D eigenvalue weighted by Crippen LogP contribution is -2.40. The van der Waals surface area contributed by atoms with Gasteiger partial charge in [-0.05, 0) is 42.4 Å². The van der Waals surface area contributed by atoms with Gasteiger partial charge in [-0.3, -0.25) is 0 Å². The van der Waals surface area contributed by atoms with Crippen molar-refractivity contribution in [3.63, 3.8) is 0 Å². The summed E-state index contributed by atoms with van der Waals surface area (Å²) in [6.07, 6.45) is 5.33. The van der Waals surface area contributed by atoms with Crippen molar-refractivity contribution >= 4 is 21.9 Å². The minimum Gasteiger partial charge on any atom is -0.475 e. The van der Waals surface area contributed by atoms with E-state index in [0.29, 0.717) is 18.5 Å². The predicted octanol–water partition coefficient (Wildman–Crippen LogP) is 1.68. The molecule has 1 unspecified atom stereocenters. The van der Waals surface area contributed by atoms with Gasteiger partial charge in [0.2, 0.25) is 11.8 Å². The number of nitrogens with zero attached hydrogens (tertiary/aromatic N) is 3. The number of likely N-dealkylation sites (N-methyl/N-ethyl adjacent to an activating group) is 1. The van der Waals surface area contributed by atoms with E-state index in [4.69, 9.17) is 10.5 Å². The Morgan fingerprint density at radius 2 is 2.41 bits per heavy atom. The first kappa shape index (κ1) is 12.6. The number of likely N-dealkylation sites (tertiary alicyclic amines) is 1. The summed E-state index contributed by atoms with van der Waals surface area (Å²) in [5.41, 5.74) is 5.53. The van der Waals surface area contributed by atoms with Gasteiger partial charge in [-0.15, -0.1) is 0 Å². The average Bonchev–Trinajstić information content (AvgIpc) is 2.32. The summed E-state index contributed by atoms with van der Waals surface area (Å²) >= 11 is 3.35. The number of halogens is 1. The minimum absolute atomic E-state index is 0.236. The van der Waals surface area contributed by atoms with E-state index >= 15 is 0 Å². The molecule has 1 aromatic rings. The summed E-state index contributed by atoms with van der Waals surface area (Å²) in [5, 5.41) is 0. The second kappa shape index (κ2) is 5.64. The van der Waals surface area contributed by atoms with Crippen LogP contribution in [0.25, 0.3) is 0 Å². The molecule has 1 aliphatic heterocycles. The third-order valence-electron chi connectivity index (χ3n) is 3.06. The molecule has 0 radical (unpaired) electrons. The molecule has 0 aromatic carbocycles. The monoisotopic (exact) mass is 300 g/mol. The van der Waals surface area contributed by atoms with Gasteiger partial charge in [-0.25, -0.2) is 4.98 Å². The predicted molar refractivity (Wildman–Crippen MR) is 69.9 cm³/mol.